The smallest absolute Gasteiger partial charge is 0.274 e. The van der Waals surface area contributed by atoms with Gasteiger partial charge >= 0.3 is 0 Å². The van der Waals surface area contributed by atoms with Crippen LogP contribution in [0, 0.1) is 0 Å². The summed E-state index contributed by atoms with van der Waals surface area (Å²) in [6.45, 7) is 7.27. The van der Waals surface area contributed by atoms with Crippen molar-refractivity contribution in [3.8, 4) is 0 Å². The molecule has 0 saturated carbocycles. The second-order valence-electron chi connectivity index (χ2n) is 6.32. The first-order valence-electron chi connectivity index (χ1n) is 8.18. The fourth-order valence-corrected chi connectivity index (χ4v) is 3.54. The van der Waals surface area contributed by atoms with Gasteiger partial charge < -0.3 is 9.80 Å². The third-order valence-corrected chi connectivity index (χ3v) is 4.92. The van der Waals surface area contributed by atoms with E-state index in [1.807, 2.05) is 4.90 Å². The predicted molar refractivity (Wildman–Crippen MR) is 84.6 cm³/mol. The highest BCUT2D eigenvalue weighted by atomic mass is 16.2. The maximum absolute atomic E-state index is 12.3. The van der Waals surface area contributed by atoms with Crippen LogP contribution in [0.4, 0.5) is 0 Å². The number of aromatic nitrogens is 2. The second kappa shape index (κ2) is 6.71. The third-order valence-electron chi connectivity index (χ3n) is 4.92. The summed E-state index contributed by atoms with van der Waals surface area (Å²) in [5.41, 5.74) is 0.447. The zero-order valence-electron chi connectivity index (χ0n) is 13.5. The lowest BCUT2D eigenvalue weighted by Crippen LogP contribution is -2.64. The highest BCUT2D eigenvalue weighted by molar-refractivity contribution is 5.92. The number of carbonyl (C=O) groups is 1. The van der Waals surface area contributed by atoms with Crippen LogP contribution in [0.1, 0.15) is 30.3 Å². The molecule has 2 saturated heterocycles. The summed E-state index contributed by atoms with van der Waals surface area (Å²) in [6, 6.07) is 1.17. The minimum absolute atomic E-state index is 0.00350. The van der Waals surface area contributed by atoms with Crippen molar-refractivity contribution in [1.82, 2.24) is 24.7 Å². The van der Waals surface area contributed by atoms with Crippen molar-refractivity contribution >= 4 is 5.91 Å². The van der Waals surface area contributed by atoms with E-state index in [9.17, 15) is 4.79 Å². The lowest BCUT2D eigenvalue weighted by atomic mass is 9.98. The molecule has 3 heterocycles. The molecule has 6 heteroatoms. The maximum Gasteiger partial charge on any atom is 0.274 e. The molecule has 1 aromatic rings. The molecule has 1 amide bonds. The van der Waals surface area contributed by atoms with Crippen molar-refractivity contribution in [2.45, 2.75) is 31.8 Å². The molecule has 6 nitrogen and oxygen atoms in total. The van der Waals surface area contributed by atoms with Gasteiger partial charge in [-0.2, -0.15) is 0 Å². The van der Waals surface area contributed by atoms with Crippen LogP contribution in [-0.2, 0) is 0 Å². The van der Waals surface area contributed by atoms with E-state index in [4.69, 9.17) is 0 Å². The number of likely N-dealkylation sites (tertiary alicyclic amines) is 2. The van der Waals surface area contributed by atoms with E-state index in [-0.39, 0.29) is 5.91 Å². The van der Waals surface area contributed by atoms with E-state index in [1.54, 1.807) is 18.6 Å². The standard InChI is InChI=1S/C16H25N5O/c1-3-21(13-4-8-19(2)9-5-13)14-11-20(12-14)16(22)15-10-17-6-7-18-15/h6-7,10,13-14H,3-5,8-9,11-12H2,1-2H3. The van der Waals surface area contributed by atoms with Gasteiger partial charge in [-0.05, 0) is 39.5 Å². The van der Waals surface area contributed by atoms with Crippen LogP contribution < -0.4 is 0 Å². The molecule has 0 aromatic carbocycles. The van der Waals surface area contributed by atoms with Crippen LogP contribution in [0.25, 0.3) is 0 Å². The van der Waals surface area contributed by atoms with E-state index < -0.39 is 0 Å². The van der Waals surface area contributed by atoms with Gasteiger partial charge in [0.2, 0.25) is 0 Å². The summed E-state index contributed by atoms with van der Waals surface area (Å²) in [4.78, 5) is 27.2. The molecule has 1 aromatic heterocycles. The number of hydrogen-bond donors (Lipinski definition) is 0. The highest BCUT2D eigenvalue weighted by Gasteiger charge is 2.38. The topological polar surface area (TPSA) is 52.6 Å². The zero-order chi connectivity index (χ0) is 15.5. The molecule has 0 atom stereocenters. The van der Waals surface area contributed by atoms with Crippen LogP contribution in [0.5, 0.6) is 0 Å². The van der Waals surface area contributed by atoms with Gasteiger partial charge in [-0.25, -0.2) is 4.98 Å². The summed E-state index contributed by atoms with van der Waals surface area (Å²) >= 11 is 0. The van der Waals surface area contributed by atoms with Gasteiger partial charge in [0.25, 0.3) is 5.91 Å². The summed E-state index contributed by atoms with van der Waals surface area (Å²) in [5, 5.41) is 0. The fourth-order valence-electron chi connectivity index (χ4n) is 3.54. The van der Waals surface area contributed by atoms with Crippen molar-refractivity contribution < 1.29 is 4.79 Å². The molecule has 2 aliphatic rings. The SMILES string of the molecule is CCN(C1CCN(C)CC1)C1CN(C(=O)c2cnccn2)C1. The van der Waals surface area contributed by atoms with E-state index in [2.05, 4.69) is 33.7 Å². The van der Waals surface area contributed by atoms with Gasteiger partial charge in [0.05, 0.1) is 6.20 Å². The Morgan fingerprint density at radius 2 is 2.00 bits per heavy atom. The monoisotopic (exact) mass is 303 g/mol. The first kappa shape index (κ1) is 15.4. The first-order chi connectivity index (χ1) is 10.7. The molecule has 22 heavy (non-hydrogen) atoms. The number of amides is 1. The van der Waals surface area contributed by atoms with Crippen LogP contribution >= 0.6 is 0 Å². The Bertz CT molecular complexity index is 495. The molecule has 120 valence electrons. The van der Waals surface area contributed by atoms with Gasteiger partial charge in [0.1, 0.15) is 5.69 Å². The van der Waals surface area contributed by atoms with Gasteiger partial charge in [-0.15, -0.1) is 0 Å². The number of carbonyl (C=O) groups excluding carboxylic acids is 1. The Kier molecular flexibility index (Phi) is 4.69. The predicted octanol–water partition coefficient (Wildman–Crippen LogP) is 0.717. The number of likely N-dealkylation sites (N-methyl/N-ethyl adjacent to an activating group) is 1. The van der Waals surface area contributed by atoms with E-state index in [0.717, 1.165) is 19.6 Å². The number of rotatable bonds is 4. The van der Waals surface area contributed by atoms with Crippen molar-refractivity contribution in [3.63, 3.8) is 0 Å². The van der Waals surface area contributed by atoms with Crippen LogP contribution in [0.3, 0.4) is 0 Å². The molecule has 0 spiro atoms. The molecule has 0 aliphatic carbocycles. The van der Waals surface area contributed by atoms with Crippen molar-refractivity contribution in [2.24, 2.45) is 0 Å². The Morgan fingerprint density at radius 3 is 2.59 bits per heavy atom. The van der Waals surface area contributed by atoms with Crippen LogP contribution in [0.2, 0.25) is 0 Å². The summed E-state index contributed by atoms with van der Waals surface area (Å²) in [7, 11) is 2.19. The average Bonchev–Trinajstić information content (AvgIpc) is 2.52. The average molecular weight is 303 g/mol. The van der Waals surface area contributed by atoms with E-state index >= 15 is 0 Å². The van der Waals surface area contributed by atoms with Gasteiger partial charge in [0, 0.05) is 37.6 Å². The van der Waals surface area contributed by atoms with Crippen molar-refractivity contribution in [1.29, 1.82) is 0 Å². The normalized spacial score (nSPS) is 21.1. The second-order valence-corrected chi connectivity index (χ2v) is 6.32. The molecular weight excluding hydrogens is 278 g/mol. The zero-order valence-corrected chi connectivity index (χ0v) is 13.5. The fraction of sp³-hybridized carbons (Fsp3) is 0.688. The molecular formula is C16H25N5O. The van der Waals surface area contributed by atoms with Crippen molar-refractivity contribution in [2.75, 3.05) is 39.8 Å². The first-order valence-corrected chi connectivity index (χ1v) is 8.18. The Balaban J connectivity index is 1.54. The van der Waals surface area contributed by atoms with Crippen LogP contribution in [-0.4, -0.2) is 82.4 Å². The molecule has 0 N–H and O–H groups in total. The Labute approximate surface area is 132 Å². The maximum atomic E-state index is 12.3. The molecule has 2 aliphatic heterocycles. The minimum Gasteiger partial charge on any atom is -0.334 e. The highest BCUT2D eigenvalue weighted by Crippen LogP contribution is 2.24. The molecule has 0 unspecified atom stereocenters. The molecule has 3 rings (SSSR count). The third kappa shape index (κ3) is 3.13. The molecule has 2 fully saturated rings. The van der Waals surface area contributed by atoms with E-state index in [0.29, 0.717) is 17.8 Å². The van der Waals surface area contributed by atoms with Gasteiger partial charge in [-0.1, -0.05) is 6.92 Å². The van der Waals surface area contributed by atoms with Gasteiger partial charge in [-0.3, -0.25) is 14.7 Å². The van der Waals surface area contributed by atoms with Crippen molar-refractivity contribution in [3.05, 3.63) is 24.3 Å². The lowest BCUT2D eigenvalue weighted by molar-refractivity contribution is -0.000305. The quantitative estimate of drug-likeness (QED) is 0.820. The number of nitrogens with zero attached hydrogens (tertiary/aromatic N) is 5. The minimum atomic E-state index is 0.00350. The molecule has 0 bridgehead atoms. The Hall–Kier alpha value is -1.53. The lowest BCUT2D eigenvalue weighted by Gasteiger charge is -2.49. The van der Waals surface area contributed by atoms with Gasteiger partial charge in [0.15, 0.2) is 0 Å². The largest absolute Gasteiger partial charge is 0.334 e. The van der Waals surface area contributed by atoms with Crippen LogP contribution in [0.15, 0.2) is 18.6 Å². The number of piperidine rings is 1. The summed E-state index contributed by atoms with van der Waals surface area (Å²) < 4.78 is 0. The molecule has 0 radical (unpaired) electrons. The number of hydrogen-bond acceptors (Lipinski definition) is 5. The summed E-state index contributed by atoms with van der Waals surface area (Å²) in [6.07, 6.45) is 7.18. The Morgan fingerprint density at radius 1 is 1.27 bits per heavy atom. The van der Waals surface area contributed by atoms with E-state index in [1.165, 1.54) is 25.9 Å². The summed E-state index contributed by atoms with van der Waals surface area (Å²) in [5.74, 6) is 0.00350.